The van der Waals surface area contributed by atoms with Gasteiger partial charge in [-0.05, 0) is 12.8 Å². The third kappa shape index (κ3) is 4.77. The van der Waals surface area contributed by atoms with Crippen molar-refractivity contribution in [1.82, 2.24) is 0 Å². The first-order valence-electron chi connectivity index (χ1n) is 3.66. The minimum Gasteiger partial charge on any atom is -0.478 e. The van der Waals surface area contributed by atoms with E-state index in [0.29, 0.717) is 0 Å². The molecule has 6 nitrogen and oxygen atoms in total. The number of carbonyl (C=O) groups excluding carboxylic acids is 2. The summed E-state index contributed by atoms with van der Waals surface area (Å²) < 4.78 is 0. The summed E-state index contributed by atoms with van der Waals surface area (Å²) in [5.74, 6) is -1.13. The maximum atomic E-state index is 10.3. The highest BCUT2D eigenvalue weighted by molar-refractivity contribution is 5.85. The molecule has 0 aromatic heterocycles. The first-order valence-corrected chi connectivity index (χ1v) is 3.66. The van der Waals surface area contributed by atoms with Crippen LogP contribution in [0.25, 0.3) is 0 Å². The zero-order valence-corrected chi connectivity index (χ0v) is 7.27. The summed E-state index contributed by atoms with van der Waals surface area (Å²) in [6.45, 7) is 3.27. The van der Waals surface area contributed by atoms with E-state index >= 15 is 0 Å². The normalized spacial score (nSPS) is 10.6. The van der Waals surface area contributed by atoms with Gasteiger partial charge in [0.05, 0.1) is 0 Å². The largest absolute Gasteiger partial charge is 0.478 e. The molecule has 0 saturated heterocycles. The average Bonchev–Trinajstić information content (AvgIpc) is 2.14. The molecule has 0 radical (unpaired) electrons. The Bertz CT molecular complexity index is 306. The van der Waals surface area contributed by atoms with E-state index in [0.717, 1.165) is 0 Å². The van der Waals surface area contributed by atoms with Crippen LogP contribution in [-0.2, 0) is 14.4 Å². The highest BCUT2D eigenvalue weighted by atomic mass is 16.4. The molecule has 0 aliphatic rings. The van der Waals surface area contributed by atoms with Crippen molar-refractivity contribution in [3.63, 3.8) is 0 Å². The minimum absolute atomic E-state index is 0.0304. The molecule has 0 saturated carbocycles. The van der Waals surface area contributed by atoms with Crippen LogP contribution < -0.4 is 0 Å². The zero-order chi connectivity index (χ0) is 11.0. The number of isocyanates is 2. The van der Waals surface area contributed by atoms with Crippen molar-refractivity contribution in [2.45, 2.75) is 19.0 Å². The summed E-state index contributed by atoms with van der Waals surface area (Å²) in [5.41, 5.74) is -0.0304. The lowest BCUT2D eigenvalue weighted by Gasteiger charge is -2.02. The molecule has 0 fully saturated rings. The second kappa shape index (κ2) is 6.48. The van der Waals surface area contributed by atoms with Crippen molar-refractivity contribution in [3.05, 3.63) is 12.2 Å². The highest BCUT2D eigenvalue weighted by Crippen LogP contribution is 2.08. The van der Waals surface area contributed by atoms with Gasteiger partial charge in [-0.15, -0.1) is 0 Å². The smallest absolute Gasteiger partial charge is 0.330 e. The number of aliphatic carboxylic acids is 1. The van der Waals surface area contributed by atoms with E-state index in [1.807, 2.05) is 0 Å². The first kappa shape index (κ1) is 12.0. The van der Waals surface area contributed by atoms with Gasteiger partial charge in [-0.25, -0.2) is 14.4 Å². The van der Waals surface area contributed by atoms with Gasteiger partial charge in [-0.3, -0.25) is 0 Å². The van der Waals surface area contributed by atoms with Crippen LogP contribution in [0.3, 0.4) is 0 Å². The van der Waals surface area contributed by atoms with Crippen LogP contribution >= 0.6 is 0 Å². The maximum absolute atomic E-state index is 10.3. The molecule has 0 heterocycles. The van der Waals surface area contributed by atoms with Crippen LogP contribution in [0.5, 0.6) is 0 Å². The molecular formula is C8H8N2O4. The lowest BCUT2D eigenvalue weighted by Crippen LogP contribution is -2.05. The van der Waals surface area contributed by atoms with E-state index in [-0.39, 0.29) is 18.4 Å². The molecule has 1 N–H and O–H groups in total. The number of hydrogen-bond donors (Lipinski definition) is 1. The monoisotopic (exact) mass is 196 g/mol. The highest BCUT2D eigenvalue weighted by Gasteiger charge is 2.09. The maximum Gasteiger partial charge on any atom is 0.330 e. The molecule has 14 heavy (non-hydrogen) atoms. The lowest BCUT2D eigenvalue weighted by atomic mass is 10.1. The zero-order valence-electron chi connectivity index (χ0n) is 7.27. The van der Waals surface area contributed by atoms with Crippen molar-refractivity contribution in [2.75, 3.05) is 0 Å². The number of nitrogens with zero attached hydrogens (tertiary/aromatic N) is 2. The molecule has 74 valence electrons. The van der Waals surface area contributed by atoms with Crippen LogP contribution in [0.15, 0.2) is 22.1 Å². The Morgan fingerprint density at radius 2 is 1.86 bits per heavy atom. The van der Waals surface area contributed by atoms with Gasteiger partial charge in [0.1, 0.15) is 0 Å². The van der Waals surface area contributed by atoms with E-state index in [1.54, 1.807) is 0 Å². The third-order valence-electron chi connectivity index (χ3n) is 1.41. The quantitative estimate of drug-likeness (QED) is 0.378. The van der Waals surface area contributed by atoms with Crippen LogP contribution in [-0.4, -0.2) is 29.4 Å². The van der Waals surface area contributed by atoms with E-state index in [1.165, 1.54) is 12.2 Å². The molecular weight excluding hydrogens is 188 g/mol. The predicted molar refractivity (Wildman–Crippen MR) is 46.0 cm³/mol. The molecule has 0 aromatic carbocycles. The van der Waals surface area contributed by atoms with E-state index in [4.69, 9.17) is 5.11 Å². The van der Waals surface area contributed by atoms with Crippen molar-refractivity contribution in [3.8, 4) is 0 Å². The van der Waals surface area contributed by atoms with Gasteiger partial charge in [-0.1, -0.05) is 6.58 Å². The Morgan fingerprint density at radius 1 is 1.36 bits per heavy atom. The fourth-order valence-corrected chi connectivity index (χ4v) is 0.690. The number of hydrogen-bond acceptors (Lipinski definition) is 5. The van der Waals surface area contributed by atoms with Crippen LogP contribution in [0.2, 0.25) is 0 Å². The number of aliphatic imine (C=N–C) groups is 2. The second-order valence-corrected chi connectivity index (χ2v) is 2.37. The molecule has 0 unspecified atom stereocenters. The van der Waals surface area contributed by atoms with Gasteiger partial charge in [0.2, 0.25) is 12.2 Å². The van der Waals surface area contributed by atoms with Gasteiger partial charge in [0, 0.05) is 5.57 Å². The Morgan fingerprint density at radius 3 is 2.21 bits per heavy atom. The number of carboxylic acid groups (broad SMARTS) is 1. The Balaban J connectivity index is 4.19. The summed E-state index contributed by atoms with van der Waals surface area (Å²) in [7, 11) is 0. The topological polar surface area (TPSA) is 96.2 Å². The fraction of sp³-hybridized carbons (Fsp3) is 0.375. The van der Waals surface area contributed by atoms with Crippen LogP contribution in [0.4, 0.5) is 0 Å². The molecule has 6 heteroatoms. The van der Waals surface area contributed by atoms with Gasteiger partial charge in [0.25, 0.3) is 0 Å². The Kier molecular flexibility index (Phi) is 5.54. The van der Waals surface area contributed by atoms with Gasteiger partial charge < -0.3 is 5.11 Å². The molecule has 0 aliphatic heterocycles. The van der Waals surface area contributed by atoms with E-state index in [2.05, 4.69) is 16.6 Å². The van der Waals surface area contributed by atoms with E-state index in [9.17, 15) is 14.4 Å². The fourth-order valence-electron chi connectivity index (χ4n) is 0.690. The third-order valence-corrected chi connectivity index (χ3v) is 1.41. The summed E-state index contributed by atoms with van der Waals surface area (Å²) in [5, 5.41) is 8.44. The molecule has 0 spiro atoms. The standard InChI is InChI=1S/C8H8N2O4/c1-6(8(13)14)2-3-7(9-4-11)10-5-12/h7H,1-3H2,(H,13,14). The van der Waals surface area contributed by atoms with Gasteiger partial charge in [-0.2, -0.15) is 9.98 Å². The van der Waals surface area contributed by atoms with Gasteiger partial charge in [0.15, 0.2) is 6.17 Å². The molecule has 0 aromatic rings. The summed E-state index contributed by atoms with van der Waals surface area (Å²) in [6, 6.07) is 0. The minimum atomic E-state index is -1.13. The average molecular weight is 196 g/mol. The number of carboxylic acids is 1. The number of rotatable bonds is 6. The second-order valence-electron chi connectivity index (χ2n) is 2.37. The molecule has 0 rings (SSSR count). The lowest BCUT2D eigenvalue weighted by molar-refractivity contribution is -0.132. The number of carbonyl (C=O) groups is 1. The molecule has 0 bridgehead atoms. The van der Waals surface area contributed by atoms with Crippen molar-refractivity contribution in [1.29, 1.82) is 0 Å². The van der Waals surface area contributed by atoms with Crippen LogP contribution in [0.1, 0.15) is 12.8 Å². The van der Waals surface area contributed by atoms with Crippen molar-refractivity contribution in [2.24, 2.45) is 9.98 Å². The SMILES string of the molecule is C=C(CCC(N=C=O)N=C=O)C(=O)O. The summed E-state index contributed by atoms with van der Waals surface area (Å²) in [6.07, 6.45) is 1.76. The van der Waals surface area contributed by atoms with Crippen LogP contribution in [0, 0.1) is 0 Å². The molecule has 0 amide bonds. The Hall–Kier alpha value is -2.03. The first-order chi connectivity index (χ1) is 6.61. The van der Waals surface area contributed by atoms with Crippen molar-refractivity contribution >= 4 is 18.1 Å². The summed E-state index contributed by atoms with van der Waals surface area (Å²) >= 11 is 0. The van der Waals surface area contributed by atoms with Gasteiger partial charge >= 0.3 is 5.97 Å². The molecule has 0 aliphatic carbocycles. The van der Waals surface area contributed by atoms with Crippen molar-refractivity contribution < 1.29 is 19.5 Å². The van der Waals surface area contributed by atoms with E-state index < -0.39 is 12.1 Å². The predicted octanol–water partition coefficient (Wildman–Crippen LogP) is 0.405. The Labute approximate surface area is 79.7 Å². The molecule has 0 atom stereocenters. The summed E-state index contributed by atoms with van der Waals surface area (Å²) in [4.78, 5) is 36.4.